The third kappa shape index (κ3) is 1.78. The fraction of sp³-hybridized carbons (Fsp3) is 0.421. The second-order valence-corrected chi connectivity index (χ2v) is 7.98. The number of amides is 2. The maximum absolute atomic E-state index is 12.9. The fourth-order valence-corrected chi connectivity index (χ4v) is 5.50. The largest absolute Gasteiger partial charge is 0.454 e. The van der Waals surface area contributed by atoms with E-state index in [0.717, 1.165) is 17.9 Å². The van der Waals surface area contributed by atoms with Crippen LogP contribution in [0.4, 0.5) is 5.69 Å². The van der Waals surface area contributed by atoms with Crippen molar-refractivity contribution in [3.63, 3.8) is 0 Å². The van der Waals surface area contributed by atoms with E-state index in [1.54, 1.807) is 0 Å². The van der Waals surface area contributed by atoms with Gasteiger partial charge in [-0.3, -0.25) is 19.7 Å². The van der Waals surface area contributed by atoms with Crippen LogP contribution in [0.25, 0.3) is 0 Å². The molecule has 0 aromatic heterocycles. The normalized spacial score (nSPS) is 32.8. The molecule has 3 aliphatic carbocycles. The van der Waals surface area contributed by atoms with Crippen LogP contribution in [0.1, 0.15) is 18.4 Å². The van der Waals surface area contributed by atoms with Crippen molar-refractivity contribution in [3.05, 3.63) is 40.0 Å². The topological polar surface area (TPSA) is 111 Å². The molecule has 1 aromatic rings. The summed E-state index contributed by atoms with van der Waals surface area (Å²) in [6.07, 6.45) is 7.48. The molecule has 5 aliphatic rings. The van der Waals surface area contributed by atoms with E-state index in [1.807, 2.05) is 0 Å². The molecule has 2 saturated carbocycles. The maximum Gasteiger partial charge on any atom is 0.282 e. The summed E-state index contributed by atoms with van der Waals surface area (Å²) in [5.74, 6) is -0.457. The van der Waals surface area contributed by atoms with E-state index in [9.17, 15) is 19.7 Å². The highest BCUT2D eigenvalue weighted by atomic mass is 16.7. The molecular weight excluding hydrogens is 366 g/mol. The molecule has 2 aliphatic heterocycles. The van der Waals surface area contributed by atoms with Crippen LogP contribution in [-0.2, 0) is 9.59 Å². The summed E-state index contributed by atoms with van der Waals surface area (Å²) < 4.78 is 10.4. The van der Waals surface area contributed by atoms with E-state index in [1.165, 1.54) is 18.3 Å². The van der Waals surface area contributed by atoms with E-state index < -0.39 is 4.92 Å². The molecule has 2 bridgehead atoms. The number of fused-ring (bicyclic) bond motifs is 4. The van der Waals surface area contributed by atoms with Gasteiger partial charge in [0.25, 0.3) is 17.5 Å². The first kappa shape index (κ1) is 15.8. The van der Waals surface area contributed by atoms with Crippen LogP contribution < -0.4 is 9.47 Å². The standard InChI is InChI=1S/C19H15N3O6/c23-17-15-10-1-2-11(19(10)3-4-19)16(15)18(24)21(17)20-7-9-5-13-14(28-8-27-13)6-12(9)22(25)26/h1-2,5-7,10-11,15-16H,3-4,8H2/b20-7-/t10-,11-,15+,16+/m1/s1. The highest BCUT2D eigenvalue weighted by molar-refractivity contribution is 6.07. The monoisotopic (exact) mass is 381 g/mol. The van der Waals surface area contributed by atoms with Gasteiger partial charge in [0.1, 0.15) is 0 Å². The number of hydrogen-bond acceptors (Lipinski definition) is 7. The lowest BCUT2D eigenvalue weighted by Gasteiger charge is -2.18. The Morgan fingerprint density at radius 2 is 1.71 bits per heavy atom. The van der Waals surface area contributed by atoms with Crippen molar-refractivity contribution in [1.82, 2.24) is 5.01 Å². The summed E-state index contributed by atoms with van der Waals surface area (Å²) in [4.78, 5) is 36.6. The minimum absolute atomic E-state index is 0.0168. The zero-order valence-corrected chi connectivity index (χ0v) is 14.6. The summed E-state index contributed by atoms with van der Waals surface area (Å²) in [5, 5.41) is 16.3. The number of allylic oxidation sites excluding steroid dienone is 2. The molecule has 0 unspecified atom stereocenters. The summed E-state index contributed by atoms with van der Waals surface area (Å²) in [5.41, 5.74) is 0.0321. The average Bonchev–Trinajstić information content (AvgIpc) is 2.97. The summed E-state index contributed by atoms with van der Waals surface area (Å²) in [7, 11) is 0. The first-order chi connectivity index (χ1) is 13.5. The molecule has 28 heavy (non-hydrogen) atoms. The Bertz CT molecular complexity index is 993. The van der Waals surface area contributed by atoms with Crippen molar-refractivity contribution in [2.24, 2.45) is 34.2 Å². The third-order valence-corrected chi connectivity index (χ3v) is 6.86. The molecule has 3 fully saturated rings. The molecule has 0 N–H and O–H groups in total. The molecule has 1 spiro atoms. The molecular formula is C19H15N3O6. The van der Waals surface area contributed by atoms with E-state index in [0.29, 0.717) is 5.75 Å². The minimum Gasteiger partial charge on any atom is -0.454 e. The predicted octanol–water partition coefficient (Wildman–Crippen LogP) is 1.85. The molecule has 9 nitrogen and oxygen atoms in total. The second-order valence-electron chi connectivity index (χ2n) is 7.98. The van der Waals surface area contributed by atoms with Crippen LogP contribution in [-0.4, -0.2) is 34.8 Å². The molecule has 1 saturated heterocycles. The van der Waals surface area contributed by atoms with Gasteiger partial charge in [-0.2, -0.15) is 10.1 Å². The van der Waals surface area contributed by atoms with Crippen LogP contribution in [0, 0.1) is 39.2 Å². The van der Waals surface area contributed by atoms with Gasteiger partial charge >= 0.3 is 0 Å². The number of imide groups is 1. The quantitative estimate of drug-likeness (QED) is 0.260. The van der Waals surface area contributed by atoms with Crippen LogP contribution in [0.15, 0.2) is 29.4 Å². The molecule has 0 radical (unpaired) electrons. The number of ether oxygens (including phenoxy) is 2. The van der Waals surface area contributed by atoms with Crippen molar-refractivity contribution < 1.29 is 24.0 Å². The maximum atomic E-state index is 12.9. The lowest BCUT2D eigenvalue weighted by Crippen LogP contribution is -2.30. The number of rotatable bonds is 3. The van der Waals surface area contributed by atoms with Crippen molar-refractivity contribution in [3.8, 4) is 11.5 Å². The molecule has 1 aromatic carbocycles. The number of nitro groups is 1. The zero-order valence-electron chi connectivity index (χ0n) is 14.6. The van der Waals surface area contributed by atoms with E-state index >= 15 is 0 Å². The highest BCUT2D eigenvalue weighted by Crippen LogP contribution is 2.73. The molecule has 4 atom stereocenters. The third-order valence-electron chi connectivity index (χ3n) is 6.86. The van der Waals surface area contributed by atoms with Gasteiger partial charge in [-0.25, -0.2) is 0 Å². The number of hydrogen-bond donors (Lipinski definition) is 0. The van der Waals surface area contributed by atoms with Gasteiger partial charge in [0, 0.05) is 0 Å². The zero-order chi connectivity index (χ0) is 19.2. The number of benzene rings is 1. The molecule has 6 rings (SSSR count). The van der Waals surface area contributed by atoms with Gasteiger partial charge in [0.15, 0.2) is 11.5 Å². The number of hydrazone groups is 1. The lowest BCUT2D eigenvalue weighted by atomic mass is 9.85. The molecule has 9 heteroatoms. The Kier molecular flexibility index (Phi) is 2.81. The van der Waals surface area contributed by atoms with E-state index in [-0.39, 0.29) is 64.7 Å². The second kappa shape index (κ2) is 4.98. The molecule has 142 valence electrons. The van der Waals surface area contributed by atoms with Crippen molar-refractivity contribution >= 4 is 23.7 Å². The van der Waals surface area contributed by atoms with Crippen LogP contribution in [0.2, 0.25) is 0 Å². The van der Waals surface area contributed by atoms with Gasteiger partial charge in [-0.1, -0.05) is 12.2 Å². The minimum atomic E-state index is -0.563. The van der Waals surface area contributed by atoms with Crippen molar-refractivity contribution in [2.75, 3.05) is 6.79 Å². The molecule has 2 heterocycles. The van der Waals surface area contributed by atoms with Gasteiger partial charge in [-0.15, -0.1) is 0 Å². The van der Waals surface area contributed by atoms with E-state index in [4.69, 9.17) is 9.47 Å². The van der Waals surface area contributed by atoms with Gasteiger partial charge in [0.05, 0.1) is 34.6 Å². The highest BCUT2D eigenvalue weighted by Gasteiger charge is 2.73. The average molecular weight is 381 g/mol. The SMILES string of the molecule is O=C1[C@@H]2[C@@H](C(=O)N1/N=C\c1cc3c(cc1[N+](=O)[O-])OCO3)[C@H]1C=C[C@H]2C12CC2. The van der Waals surface area contributed by atoms with Crippen LogP contribution in [0.5, 0.6) is 11.5 Å². The Balaban J connectivity index is 1.33. The first-order valence-corrected chi connectivity index (χ1v) is 9.19. The van der Waals surface area contributed by atoms with E-state index in [2.05, 4.69) is 17.3 Å². The first-order valence-electron chi connectivity index (χ1n) is 9.19. The van der Waals surface area contributed by atoms with Gasteiger partial charge in [-0.05, 0) is 36.2 Å². The summed E-state index contributed by atoms with van der Waals surface area (Å²) in [6, 6.07) is 2.69. The Labute approximate surface area is 158 Å². The number of carbonyl (C=O) groups excluding carboxylic acids is 2. The Morgan fingerprint density at radius 3 is 2.29 bits per heavy atom. The number of nitro benzene ring substituents is 1. The number of carbonyl (C=O) groups is 2. The Hall–Kier alpha value is -3.23. The lowest BCUT2D eigenvalue weighted by molar-refractivity contribution is -0.385. The number of nitrogens with zero attached hydrogens (tertiary/aromatic N) is 3. The van der Waals surface area contributed by atoms with Crippen molar-refractivity contribution in [1.29, 1.82) is 0 Å². The van der Waals surface area contributed by atoms with Gasteiger partial charge in [0.2, 0.25) is 6.79 Å². The van der Waals surface area contributed by atoms with Crippen LogP contribution >= 0.6 is 0 Å². The van der Waals surface area contributed by atoms with Crippen molar-refractivity contribution in [2.45, 2.75) is 12.8 Å². The fourth-order valence-electron chi connectivity index (χ4n) is 5.50. The molecule has 2 amide bonds. The van der Waals surface area contributed by atoms with Gasteiger partial charge < -0.3 is 9.47 Å². The Morgan fingerprint density at radius 1 is 1.11 bits per heavy atom. The summed E-state index contributed by atoms with van der Waals surface area (Å²) >= 11 is 0. The predicted molar refractivity (Wildman–Crippen MR) is 93.4 cm³/mol. The summed E-state index contributed by atoms with van der Waals surface area (Å²) in [6.45, 7) is -0.0168. The van der Waals surface area contributed by atoms with Crippen LogP contribution in [0.3, 0.4) is 0 Å². The smallest absolute Gasteiger partial charge is 0.282 e.